The number of carbonyl (C=O) groups is 1. The summed E-state index contributed by atoms with van der Waals surface area (Å²) < 4.78 is 26.8. The number of pyridine rings is 1. The van der Waals surface area contributed by atoms with Crippen molar-refractivity contribution in [3.8, 4) is 0 Å². The minimum absolute atomic E-state index is 0.111. The number of H-pyrrole nitrogens is 1. The molecule has 3 aliphatic heterocycles. The van der Waals surface area contributed by atoms with Crippen molar-refractivity contribution in [2.75, 3.05) is 26.2 Å². The highest BCUT2D eigenvalue weighted by molar-refractivity contribution is 8.04. The van der Waals surface area contributed by atoms with Gasteiger partial charge in [0.05, 0.1) is 19.0 Å². The molecule has 4 rings (SSSR count). The Morgan fingerprint density at radius 2 is 1.86 bits per heavy atom. The van der Waals surface area contributed by atoms with Crippen LogP contribution in [0.1, 0.15) is 70.2 Å². The predicted octanol–water partition coefficient (Wildman–Crippen LogP) is 5.51. The van der Waals surface area contributed by atoms with Gasteiger partial charge in [0, 0.05) is 29.5 Å². The number of aryl methyl sites for hydroxylation is 2. The molecule has 1 amide bonds. The smallest absolute Gasteiger partial charge is 0.257 e. The van der Waals surface area contributed by atoms with Gasteiger partial charge in [-0.15, -0.1) is 11.8 Å². The van der Waals surface area contributed by atoms with Crippen molar-refractivity contribution in [2.45, 2.75) is 84.4 Å². The molecule has 3 unspecified atom stereocenters. The second-order valence-electron chi connectivity index (χ2n) is 11.5. The number of halogens is 2. The molecule has 0 bridgehead atoms. The van der Waals surface area contributed by atoms with E-state index in [1.807, 2.05) is 41.5 Å². The van der Waals surface area contributed by atoms with Gasteiger partial charge < -0.3 is 9.88 Å². The Hall–Kier alpha value is -1.67. The van der Waals surface area contributed by atoms with Gasteiger partial charge >= 0.3 is 0 Å². The second kappa shape index (κ2) is 10.2. The fourth-order valence-corrected chi connectivity index (χ4v) is 8.60. The highest BCUT2D eigenvalue weighted by atomic mass is 32.2. The second-order valence-corrected chi connectivity index (χ2v) is 13.1. The number of hydrogen-bond acceptors (Lipinski definition) is 4. The van der Waals surface area contributed by atoms with Crippen molar-refractivity contribution in [1.29, 1.82) is 0 Å². The fourth-order valence-electron chi connectivity index (χ4n) is 6.72. The van der Waals surface area contributed by atoms with E-state index in [4.69, 9.17) is 0 Å². The fraction of sp³-hybridized carbons (Fsp3) is 0.714. The SMILES string of the molecule is CCC(C1=C(C)C2C(=O)N(Cc3c(C)cc(C)[nH]c3=O)CCC2(C)S1)C1CCN(CC(C)(F)F)CC1. The van der Waals surface area contributed by atoms with E-state index in [9.17, 15) is 18.4 Å². The maximum Gasteiger partial charge on any atom is 0.257 e. The van der Waals surface area contributed by atoms with Gasteiger partial charge in [0.2, 0.25) is 5.91 Å². The molecule has 2 fully saturated rings. The number of rotatable bonds is 7. The van der Waals surface area contributed by atoms with E-state index in [1.54, 1.807) is 0 Å². The number of amides is 1. The van der Waals surface area contributed by atoms with Crippen LogP contribution in [0.5, 0.6) is 0 Å². The summed E-state index contributed by atoms with van der Waals surface area (Å²) in [7, 11) is 0. The molecule has 0 spiro atoms. The molecular weight excluding hydrogens is 480 g/mol. The lowest BCUT2D eigenvalue weighted by molar-refractivity contribution is -0.138. The average Bonchev–Trinajstić information content (AvgIpc) is 3.04. The number of aromatic nitrogens is 1. The Morgan fingerprint density at radius 1 is 1.19 bits per heavy atom. The third-order valence-corrected chi connectivity index (χ3v) is 10.3. The van der Waals surface area contributed by atoms with Gasteiger partial charge in [-0.05, 0) is 100 Å². The monoisotopic (exact) mass is 521 g/mol. The molecule has 3 atom stereocenters. The Bertz CT molecular complexity index is 1090. The highest BCUT2D eigenvalue weighted by Crippen LogP contribution is 2.58. The molecule has 1 N–H and O–H groups in total. The number of carbonyl (C=O) groups excluding carboxylic acids is 1. The first kappa shape index (κ1) is 27.4. The van der Waals surface area contributed by atoms with Gasteiger partial charge in [-0.3, -0.25) is 14.5 Å². The lowest BCUT2D eigenvalue weighted by Crippen LogP contribution is -2.51. The Balaban J connectivity index is 1.51. The molecule has 4 heterocycles. The lowest BCUT2D eigenvalue weighted by atomic mass is 9.77. The van der Waals surface area contributed by atoms with Gasteiger partial charge in [-0.1, -0.05) is 6.92 Å². The third-order valence-electron chi connectivity index (χ3n) is 8.53. The van der Waals surface area contributed by atoms with Crippen molar-refractivity contribution in [1.82, 2.24) is 14.8 Å². The number of allylic oxidation sites excluding steroid dienone is 1. The van der Waals surface area contributed by atoms with Crippen LogP contribution in [-0.2, 0) is 11.3 Å². The van der Waals surface area contributed by atoms with Crippen LogP contribution in [0.25, 0.3) is 0 Å². The summed E-state index contributed by atoms with van der Waals surface area (Å²) in [5, 5.41) is 0. The van der Waals surface area contributed by atoms with Gasteiger partial charge in [0.15, 0.2) is 0 Å². The van der Waals surface area contributed by atoms with Gasteiger partial charge in [0.25, 0.3) is 11.5 Å². The van der Waals surface area contributed by atoms with E-state index >= 15 is 0 Å². The summed E-state index contributed by atoms with van der Waals surface area (Å²) in [6.45, 7) is 13.6. The van der Waals surface area contributed by atoms with E-state index in [-0.39, 0.29) is 28.7 Å². The number of fused-ring (bicyclic) bond motifs is 1. The van der Waals surface area contributed by atoms with E-state index in [1.165, 1.54) is 10.5 Å². The summed E-state index contributed by atoms with van der Waals surface area (Å²) in [4.78, 5) is 34.4. The molecule has 0 aromatic carbocycles. The molecule has 2 saturated heterocycles. The number of nitrogens with zero attached hydrogens (tertiary/aromatic N) is 2. The minimum atomic E-state index is -2.66. The molecule has 0 aliphatic carbocycles. The number of hydrogen-bond donors (Lipinski definition) is 1. The molecule has 1 aromatic rings. The van der Waals surface area contributed by atoms with Crippen LogP contribution >= 0.6 is 11.8 Å². The topological polar surface area (TPSA) is 56.4 Å². The Labute approximate surface area is 218 Å². The molecule has 1 aromatic heterocycles. The number of thioether (sulfide) groups is 1. The largest absolute Gasteiger partial charge is 0.338 e. The number of nitrogens with one attached hydrogen (secondary N) is 1. The average molecular weight is 522 g/mol. The van der Waals surface area contributed by atoms with Crippen molar-refractivity contribution < 1.29 is 13.6 Å². The normalized spacial score (nSPS) is 27.1. The summed E-state index contributed by atoms with van der Waals surface area (Å²) in [6, 6.07) is 1.96. The van der Waals surface area contributed by atoms with E-state index < -0.39 is 5.92 Å². The molecule has 0 radical (unpaired) electrons. The molecular formula is C28H41F2N3O2S. The summed E-state index contributed by atoms with van der Waals surface area (Å²) in [6.07, 6.45) is 3.72. The molecule has 5 nitrogen and oxygen atoms in total. The summed E-state index contributed by atoms with van der Waals surface area (Å²) >= 11 is 1.89. The first-order chi connectivity index (χ1) is 16.8. The number of likely N-dealkylation sites (tertiary alicyclic amines) is 2. The van der Waals surface area contributed by atoms with Crippen LogP contribution in [0.15, 0.2) is 21.3 Å². The summed E-state index contributed by atoms with van der Waals surface area (Å²) in [5.74, 6) is -1.89. The first-order valence-electron chi connectivity index (χ1n) is 13.3. The Morgan fingerprint density at radius 3 is 2.44 bits per heavy atom. The van der Waals surface area contributed by atoms with Crippen LogP contribution in [0.2, 0.25) is 0 Å². The van der Waals surface area contributed by atoms with Crippen LogP contribution in [0.3, 0.4) is 0 Å². The van der Waals surface area contributed by atoms with E-state index in [0.717, 1.165) is 43.9 Å². The predicted molar refractivity (Wildman–Crippen MR) is 142 cm³/mol. The van der Waals surface area contributed by atoms with E-state index in [2.05, 4.69) is 25.8 Å². The van der Waals surface area contributed by atoms with Crippen LogP contribution in [0, 0.1) is 31.6 Å². The minimum Gasteiger partial charge on any atom is -0.338 e. The highest BCUT2D eigenvalue weighted by Gasteiger charge is 2.53. The number of aromatic amines is 1. The van der Waals surface area contributed by atoms with Crippen molar-refractivity contribution in [2.24, 2.45) is 17.8 Å². The van der Waals surface area contributed by atoms with Crippen molar-refractivity contribution in [3.05, 3.63) is 43.7 Å². The number of alkyl halides is 2. The number of piperidine rings is 2. The lowest BCUT2D eigenvalue weighted by Gasteiger charge is -2.41. The first-order valence-corrected chi connectivity index (χ1v) is 14.1. The van der Waals surface area contributed by atoms with Crippen molar-refractivity contribution in [3.63, 3.8) is 0 Å². The molecule has 200 valence electrons. The van der Waals surface area contributed by atoms with Gasteiger partial charge in [0.1, 0.15) is 0 Å². The molecule has 36 heavy (non-hydrogen) atoms. The molecule has 0 saturated carbocycles. The van der Waals surface area contributed by atoms with E-state index in [0.29, 0.717) is 43.6 Å². The van der Waals surface area contributed by atoms with Gasteiger partial charge in [-0.2, -0.15) is 0 Å². The standard InChI is InChI=1S/C28H41F2N3O2S/c1-7-21(20-8-11-32(12-9-20)16-28(6,29)30)24-19(4)23-26(35)33(13-10-27(23,5)36-24)15-22-17(2)14-18(3)31-25(22)34/h14,20-21,23H,7-13,15-16H2,1-6H3,(H,31,34). The third kappa shape index (κ3) is 5.45. The maximum atomic E-state index is 13.8. The van der Waals surface area contributed by atoms with Crippen LogP contribution < -0.4 is 5.56 Å². The maximum absolute atomic E-state index is 13.8. The van der Waals surface area contributed by atoms with Gasteiger partial charge in [-0.25, -0.2) is 8.78 Å². The zero-order chi connectivity index (χ0) is 26.4. The quantitative estimate of drug-likeness (QED) is 0.514. The van der Waals surface area contributed by atoms with Crippen molar-refractivity contribution >= 4 is 17.7 Å². The summed E-state index contributed by atoms with van der Waals surface area (Å²) in [5.41, 5.74) is 3.49. The molecule has 8 heteroatoms. The van der Waals surface area contributed by atoms with Crippen LogP contribution in [-0.4, -0.2) is 57.5 Å². The molecule has 3 aliphatic rings. The zero-order valence-electron chi connectivity index (χ0n) is 22.5. The van der Waals surface area contributed by atoms with Crippen LogP contribution in [0.4, 0.5) is 8.78 Å². The zero-order valence-corrected chi connectivity index (χ0v) is 23.4. The Kier molecular flexibility index (Phi) is 7.78.